The van der Waals surface area contributed by atoms with Gasteiger partial charge < -0.3 is 11.1 Å². The summed E-state index contributed by atoms with van der Waals surface area (Å²) < 4.78 is 26.2. The van der Waals surface area contributed by atoms with E-state index in [1.54, 1.807) is 30.3 Å². The zero-order valence-corrected chi connectivity index (χ0v) is 11.4. The van der Waals surface area contributed by atoms with Crippen molar-refractivity contribution >= 4 is 15.9 Å². The number of amides is 1. The van der Waals surface area contributed by atoms with E-state index in [9.17, 15) is 13.2 Å². The van der Waals surface area contributed by atoms with Crippen molar-refractivity contribution in [3.05, 3.63) is 30.3 Å². The van der Waals surface area contributed by atoms with E-state index in [-0.39, 0.29) is 17.5 Å². The fourth-order valence-electron chi connectivity index (χ4n) is 2.14. The molecule has 1 saturated heterocycles. The van der Waals surface area contributed by atoms with Crippen LogP contribution >= 0.6 is 0 Å². The zero-order chi connectivity index (χ0) is 14.0. The number of nitrogens with zero attached hydrogens (tertiary/aromatic N) is 1. The molecule has 1 aromatic rings. The summed E-state index contributed by atoms with van der Waals surface area (Å²) in [7, 11) is -3.58. The first-order valence-electron chi connectivity index (χ1n) is 6.02. The number of carbonyl (C=O) groups is 1. The number of sulfonamides is 1. The molecule has 1 aromatic carbocycles. The molecule has 0 aromatic heterocycles. The second-order valence-electron chi connectivity index (χ2n) is 4.66. The molecule has 2 atom stereocenters. The lowest BCUT2D eigenvalue weighted by Crippen LogP contribution is -2.60. The highest BCUT2D eigenvalue weighted by atomic mass is 32.2. The van der Waals surface area contributed by atoms with Gasteiger partial charge in [-0.2, -0.15) is 4.31 Å². The van der Waals surface area contributed by atoms with Gasteiger partial charge in [0.25, 0.3) is 0 Å². The second-order valence-corrected chi connectivity index (χ2v) is 6.60. The van der Waals surface area contributed by atoms with Gasteiger partial charge in [0.05, 0.1) is 4.90 Å². The smallest absolute Gasteiger partial charge is 0.243 e. The highest BCUT2D eigenvalue weighted by Crippen LogP contribution is 2.18. The molecule has 1 heterocycles. The molecular weight excluding hydrogens is 266 g/mol. The van der Waals surface area contributed by atoms with Gasteiger partial charge in [-0.25, -0.2) is 8.42 Å². The summed E-state index contributed by atoms with van der Waals surface area (Å²) in [6, 6.07) is 7.41. The summed E-state index contributed by atoms with van der Waals surface area (Å²) in [6.45, 7) is 2.21. The molecule has 1 fully saturated rings. The van der Waals surface area contributed by atoms with Crippen LogP contribution in [-0.4, -0.2) is 43.8 Å². The first kappa shape index (κ1) is 14.0. The number of hydrogen-bond acceptors (Lipinski definition) is 4. The summed E-state index contributed by atoms with van der Waals surface area (Å²) in [5.41, 5.74) is 5.25. The van der Waals surface area contributed by atoms with Crippen LogP contribution in [0.1, 0.15) is 6.92 Å². The Labute approximate surface area is 112 Å². The first-order valence-corrected chi connectivity index (χ1v) is 7.46. The van der Waals surface area contributed by atoms with Crippen molar-refractivity contribution < 1.29 is 13.2 Å². The summed E-state index contributed by atoms with van der Waals surface area (Å²) in [5, 5.41) is 2.99. The molecule has 0 saturated carbocycles. The molecule has 3 N–H and O–H groups in total. The SMILES string of the molecule is CC1CN(S(=O)(=O)c2ccccc2)CC(C(N)=O)N1. The van der Waals surface area contributed by atoms with Gasteiger partial charge >= 0.3 is 0 Å². The van der Waals surface area contributed by atoms with Crippen LogP contribution in [0.3, 0.4) is 0 Å². The first-order chi connectivity index (χ1) is 8.91. The highest BCUT2D eigenvalue weighted by molar-refractivity contribution is 7.89. The lowest BCUT2D eigenvalue weighted by molar-refractivity contribution is -0.120. The van der Waals surface area contributed by atoms with E-state index < -0.39 is 22.0 Å². The minimum atomic E-state index is -3.58. The van der Waals surface area contributed by atoms with E-state index >= 15 is 0 Å². The standard InChI is InChI=1S/C12H17N3O3S/c1-9-7-15(8-11(14-9)12(13)16)19(17,18)10-5-3-2-4-6-10/h2-6,9,11,14H,7-8H2,1H3,(H2,13,16). The van der Waals surface area contributed by atoms with E-state index in [2.05, 4.69) is 5.32 Å². The van der Waals surface area contributed by atoms with Gasteiger partial charge in [0.1, 0.15) is 6.04 Å². The van der Waals surface area contributed by atoms with Crippen molar-refractivity contribution in [3.8, 4) is 0 Å². The number of carbonyl (C=O) groups excluding carboxylic acids is 1. The maximum Gasteiger partial charge on any atom is 0.243 e. The molecule has 2 rings (SSSR count). The minimum absolute atomic E-state index is 0.0664. The monoisotopic (exact) mass is 283 g/mol. The third-order valence-corrected chi connectivity index (χ3v) is 4.92. The number of benzene rings is 1. The van der Waals surface area contributed by atoms with Crippen molar-refractivity contribution in [1.82, 2.24) is 9.62 Å². The fraction of sp³-hybridized carbons (Fsp3) is 0.417. The van der Waals surface area contributed by atoms with Gasteiger partial charge in [-0.15, -0.1) is 0 Å². The molecule has 0 bridgehead atoms. The fourth-order valence-corrected chi connectivity index (χ4v) is 3.71. The number of rotatable bonds is 3. The zero-order valence-electron chi connectivity index (χ0n) is 10.6. The second kappa shape index (κ2) is 5.28. The van der Waals surface area contributed by atoms with Crippen molar-refractivity contribution in [2.24, 2.45) is 5.73 Å². The van der Waals surface area contributed by atoms with Crippen molar-refractivity contribution in [2.45, 2.75) is 23.9 Å². The largest absolute Gasteiger partial charge is 0.368 e. The van der Waals surface area contributed by atoms with E-state index in [0.29, 0.717) is 6.54 Å². The average molecular weight is 283 g/mol. The van der Waals surface area contributed by atoms with Crippen LogP contribution in [-0.2, 0) is 14.8 Å². The normalized spacial score (nSPS) is 25.1. The summed E-state index contributed by atoms with van der Waals surface area (Å²) in [6.07, 6.45) is 0. The van der Waals surface area contributed by atoms with E-state index in [1.807, 2.05) is 6.92 Å². The molecule has 104 valence electrons. The Bertz CT molecular complexity index is 559. The molecular formula is C12H17N3O3S. The van der Waals surface area contributed by atoms with Gasteiger partial charge in [-0.3, -0.25) is 4.79 Å². The van der Waals surface area contributed by atoms with Crippen LogP contribution in [0.15, 0.2) is 35.2 Å². The molecule has 19 heavy (non-hydrogen) atoms. The predicted octanol–water partition coefficient (Wildman–Crippen LogP) is -0.477. The summed E-state index contributed by atoms with van der Waals surface area (Å²) in [5.74, 6) is -0.542. The third kappa shape index (κ3) is 2.94. The number of hydrogen-bond donors (Lipinski definition) is 2. The van der Waals surface area contributed by atoms with Crippen LogP contribution in [0.5, 0.6) is 0 Å². The maximum absolute atomic E-state index is 12.4. The third-order valence-electron chi connectivity index (χ3n) is 3.07. The Morgan fingerprint density at radius 3 is 2.53 bits per heavy atom. The Balaban J connectivity index is 2.28. The molecule has 0 radical (unpaired) electrons. The molecule has 2 unspecified atom stereocenters. The van der Waals surface area contributed by atoms with Crippen LogP contribution in [0, 0.1) is 0 Å². The Morgan fingerprint density at radius 1 is 1.32 bits per heavy atom. The lowest BCUT2D eigenvalue weighted by Gasteiger charge is -2.35. The van der Waals surface area contributed by atoms with Gasteiger partial charge in [0, 0.05) is 19.1 Å². The van der Waals surface area contributed by atoms with Crippen molar-refractivity contribution in [1.29, 1.82) is 0 Å². The summed E-state index contributed by atoms with van der Waals surface area (Å²) in [4.78, 5) is 11.5. The molecule has 6 nitrogen and oxygen atoms in total. The molecule has 1 aliphatic rings. The molecule has 7 heteroatoms. The van der Waals surface area contributed by atoms with Crippen LogP contribution in [0.25, 0.3) is 0 Å². The number of piperazine rings is 1. The minimum Gasteiger partial charge on any atom is -0.368 e. The van der Waals surface area contributed by atoms with Gasteiger partial charge in [0.2, 0.25) is 15.9 Å². The lowest BCUT2D eigenvalue weighted by atomic mass is 10.1. The summed E-state index contributed by atoms with van der Waals surface area (Å²) >= 11 is 0. The predicted molar refractivity (Wildman–Crippen MR) is 70.8 cm³/mol. The van der Waals surface area contributed by atoms with E-state index in [0.717, 1.165) is 0 Å². The molecule has 1 aliphatic heterocycles. The highest BCUT2D eigenvalue weighted by Gasteiger charge is 2.34. The van der Waals surface area contributed by atoms with E-state index in [1.165, 1.54) is 4.31 Å². The topological polar surface area (TPSA) is 92.5 Å². The van der Waals surface area contributed by atoms with E-state index in [4.69, 9.17) is 5.73 Å². The average Bonchev–Trinajstić information content (AvgIpc) is 2.39. The Hall–Kier alpha value is -1.44. The quantitative estimate of drug-likeness (QED) is 0.784. The van der Waals surface area contributed by atoms with Crippen LogP contribution < -0.4 is 11.1 Å². The number of primary amides is 1. The van der Waals surface area contributed by atoms with Crippen molar-refractivity contribution in [2.75, 3.05) is 13.1 Å². The Kier molecular flexibility index (Phi) is 3.88. The van der Waals surface area contributed by atoms with Crippen molar-refractivity contribution in [3.63, 3.8) is 0 Å². The maximum atomic E-state index is 12.4. The van der Waals surface area contributed by atoms with Crippen LogP contribution in [0.2, 0.25) is 0 Å². The number of nitrogens with two attached hydrogens (primary N) is 1. The van der Waals surface area contributed by atoms with Gasteiger partial charge in [-0.1, -0.05) is 18.2 Å². The molecule has 1 amide bonds. The van der Waals surface area contributed by atoms with Gasteiger partial charge in [0.15, 0.2) is 0 Å². The van der Waals surface area contributed by atoms with Crippen LogP contribution in [0.4, 0.5) is 0 Å². The molecule has 0 spiro atoms. The molecule has 0 aliphatic carbocycles. The number of nitrogens with one attached hydrogen (secondary N) is 1. The Morgan fingerprint density at radius 2 is 1.95 bits per heavy atom. The van der Waals surface area contributed by atoms with Gasteiger partial charge in [-0.05, 0) is 19.1 Å².